The fraction of sp³-hybridized carbons (Fsp3) is 0.579. The maximum absolute atomic E-state index is 12.9. The van der Waals surface area contributed by atoms with Crippen molar-refractivity contribution >= 4 is 23.5 Å². The van der Waals surface area contributed by atoms with Crippen molar-refractivity contribution in [3.8, 4) is 0 Å². The molecule has 0 spiro atoms. The number of carbonyl (C=O) groups excluding carboxylic acids is 2. The van der Waals surface area contributed by atoms with Crippen molar-refractivity contribution in [3.05, 3.63) is 34.9 Å². The van der Waals surface area contributed by atoms with Gasteiger partial charge in [-0.05, 0) is 49.3 Å². The second-order valence-electron chi connectivity index (χ2n) is 6.96. The van der Waals surface area contributed by atoms with Gasteiger partial charge in [-0.15, -0.1) is 0 Å². The zero-order valence-corrected chi connectivity index (χ0v) is 14.6. The summed E-state index contributed by atoms with van der Waals surface area (Å²) in [5, 5.41) is 3.43. The van der Waals surface area contributed by atoms with Crippen LogP contribution in [0, 0.1) is 5.92 Å². The third kappa shape index (κ3) is 4.10. The highest BCUT2D eigenvalue weighted by Gasteiger charge is 2.41. The van der Waals surface area contributed by atoms with E-state index >= 15 is 0 Å². The number of esters is 1. The van der Waals surface area contributed by atoms with E-state index in [1.165, 1.54) is 0 Å². The third-order valence-electron chi connectivity index (χ3n) is 5.09. The van der Waals surface area contributed by atoms with E-state index in [2.05, 4.69) is 5.32 Å². The molecule has 0 heterocycles. The second kappa shape index (κ2) is 7.56. The molecular weight excluding hydrogens is 326 g/mol. The number of halogens is 1. The monoisotopic (exact) mass is 349 g/mol. The van der Waals surface area contributed by atoms with E-state index in [4.69, 9.17) is 16.3 Å². The van der Waals surface area contributed by atoms with Crippen LogP contribution in [0.25, 0.3) is 0 Å². The minimum absolute atomic E-state index is 0.0616. The van der Waals surface area contributed by atoms with Crippen molar-refractivity contribution in [1.82, 2.24) is 5.32 Å². The molecule has 2 aliphatic carbocycles. The van der Waals surface area contributed by atoms with E-state index in [0.29, 0.717) is 17.5 Å². The van der Waals surface area contributed by atoms with Crippen LogP contribution in [0.5, 0.6) is 0 Å². The lowest BCUT2D eigenvalue weighted by molar-refractivity contribution is -0.145. The summed E-state index contributed by atoms with van der Waals surface area (Å²) in [5.74, 6) is 0.0842. The first-order valence-electron chi connectivity index (χ1n) is 8.80. The van der Waals surface area contributed by atoms with Gasteiger partial charge in [0.05, 0.1) is 12.0 Å². The number of hydrogen-bond donors (Lipinski definition) is 1. The standard InChI is InChI=1S/C19H24ClNO3/c20-16-6-4-5-15(11-16)19(9-2-1-3-10-19)18(23)21-12-17(22)24-13-14-7-8-14/h4-6,11,14H,1-3,7-10,12-13H2,(H,21,23). The fourth-order valence-electron chi connectivity index (χ4n) is 3.46. The molecule has 24 heavy (non-hydrogen) atoms. The van der Waals surface area contributed by atoms with Crippen LogP contribution in [0.2, 0.25) is 5.02 Å². The molecule has 0 aliphatic heterocycles. The zero-order valence-electron chi connectivity index (χ0n) is 13.9. The molecule has 1 amide bonds. The Morgan fingerprint density at radius 1 is 1.21 bits per heavy atom. The molecule has 2 fully saturated rings. The van der Waals surface area contributed by atoms with Crippen LogP contribution in [0.15, 0.2) is 24.3 Å². The van der Waals surface area contributed by atoms with Gasteiger partial charge in [-0.3, -0.25) is 9.59 Å². The van der Waals surface area contributed by atoms with Crippen LogP contribution in [0.1, 0.15) is 50.5 Å². The molecule has 2 aliphatic rings. The quantitative estimate of drug-likeness (QED) is 0.798. The Morgan fingerprint density at radius 3 is 2.62 bits per heavy atom. The minimum atomic E-state index is -0.583. The summed E-state index contributed by atoms with van der Waals surface area (Å²) in [6, 6.07) is 7.53. The molecule has 0 atom stereocenters. The number of amides is 1. The maximum atomic E-state index is 12.9. The minimum Gasteiger partial charge on any atom is -0.464 e. The van der Waals surface area contributed by atoms with Crippen molar-refractivity contribution in [2.24, 2.45) is 5.92 Å². The van der Waals surface area contributed by atoms with Gasteiger partial charge in [-0.2, -0.15) is 0 Å². The molecule has 0 unspecified atom stereocenters. The topological polar surface area (TPSA) is 55.4 Å². The maximum Gasteiger partial charge on any atom is 0.325 e. The second-order valence-corrected chi connectivity index (χ2v) is 7.40. The summed E-state index contributed by atoms with van der Waals surface area (Å²) >= 11 is 6.13. The Balaban J connectivity index is 1.66. The number of rotatable bonds is 6. The lowest BCUT2D eigenvalue weighted by Crippen LogP contribution is -2.47. The predicted molar refractivity (Wildman–Crippen MR) is 92.9 cm³/mol. The smallest absolute Gasteiger partial charge is 0.325 e. The molecule has 5 heteroatoms. The van der Waals surface area contributed by atoms with Gasteiger partial charge < -0.3 is 10.1 Å². The Hall–Kier alpha value is -1.55. The average Bonchev–Trinajstić information content (AvgIpc) is 3.43. The van der Waals surface area contributed by atoms with Gasteiger partial charge in [0.25, 0.3) is 0 Å². The van der Waals surface area contributed by atoms with Gasteiger partial charge in [0.15, 0.2) is 0 Å². The van der Waals surface area contributed by atoms with E-state index in [9.17, 15) is 9.59 Å². The van der Waals surface area contributed by atoms with Crippen LogP contribution < -0.4 is 5.32 Å². The summed E-state index contributed by atoms with van der Waals surface area (Å²) < 4.78 is 5.19. The molecule has 1 N–H and O–H groups in total. The summed E-state index contributed by atoms with van der Waals surface area (Å²) in [6.07, 6.45) is 7.00. The molecule has 0 radical (unpaired) electrons. The van der Waals surface area contributed by atoms with Crippen molar-refractivity contribution < 1.29 is 14.3 Å². The van der Waals surface area contributed by atoms with Crippen molar-refractivity contribution in [1.29, 1.82) is 0 Å². The highest BCUT2D eigenvalue weighted by molar-refractivity contribution is 6.30. The normalized spacial score (nSPS) is 19.5. The SMILES string of the molecule is O=C(CNC(=O)C1(c2cccc(Cl)c2)CCCCC1)OCC1CC1. The number of nitrogens with one attached hydrogen (secondary N) is 1. The molecule has 4 nitrogen and oxygen atoms in total. The van der Waals surface area contributed by atoms with Crippen LogP contribution >= 0.6 is 11.6 Å². The number of carbonyl (C=O) groups is 2. The van der Waals surface area contributed by atoms with Gasteiger partial charge >= 0.3 is 5.97 Å². The van der Waals surface area contributed by atoms with Gasteiger partial charge in [-0.1, -0.05) is 43.0 Å². The first-order valence-corrected chi connectivity index (χ1v) is 9.18. The highest BCUT2D eigenvalue weighted by Crippen LogP contribution is 2.40. The van der Waals surface area contributed by atoms with E-state index in [0.717, 1.165) is 50.5 Å². The first kappa shape index (κ1) is 17.3. The number of ether oxygens (including phenoxy) is 1. The summed E-state index contributed by atoms with van der Waals surface area (Å²) in [4.78, 5) is 24.7. The molecule has 130 valence electrons. The molecule has 0 saturated heterocycles. The molecular formula is C19H24ClNO3. The molecule has 3 rings (SSSR count). The van der Waals surface area contributed by atoms with Gasteiger partial charge in [0.2, 0.25) is 5.91 Å². The van der Waals surface area contributed by atoms with E-state index in [1.807, 2.05) is 24.3 Å². The van der Waals surface area contributed by atoms with Crippen molar-refractivity contribution in [2.45, 2.75) is 50.4 Å². The van der Waals surface area contributed by atoms with Gasteiger partial charge in [0.1, 0.15) is 6.54 Å². The summed E-state index contributed by atoms with van der Waals surface area (Å²) in [7, 11) is 0. The predicted octanol–water partition coefficient (Wildman–Crippen LogP) is 3.61. The Morgan fingerprint density at radius 2 is 1.96 bits per heavy atom. The molecule has 2 saturated carbocycles. The molecule has 0 aromatic heterocycles. The lowest BCUT2D eigenvalue weighted by atomic mass is 9.68. The number of hydrogen-bond acceptors (Lipinski definition) is 3. The molecule has 1 aromatic rings. The largest absolute Gasteiger partial charge is 0.464 e. The van der Waals surface area contributed by atoms with E-state index in [-0.39, 0.29) is 18.4 Å². The van der Waals surface area contributed by atoms with Crippen LogP contribution in [-0.4, -0.2) is 25.0 Å². The van der Waals surface area contributed by atoms with Gasteiger partial charge in [-0.25, -0.2) is 0 Å². The van der Waals surface area contributed by atoms with Crippen molar-refractivity contribution in [2.75, 3.05) is 13.2 Å². The highest BCUT2D eigenvalue weighted by atomic mass is 35.5. The van der Waals surface area contributed by atoms with Crippen LogP contribution in [-0.2, 0) is 19.7 Å². The summed E-state index contributed by atoms with van der Waals surface area (Å²) in [5.41, 5.74) is 0.360. The third-order valence-corrected chi connectivity index (χ3v) is 5.32. The number of benzene rings is 1. The Kier molecular flexibility index (Phi) is 5.44. The average molecular weight is 350 g/mol. The van der Waals surface area contributed by atoms with Crippen molar-refractivity contribution in [3.63, 3.8) is 0 Å². The molecule has 0 bridgehead atoms. The van der Waals surface area contributed by atoms with Crippen LogP contribution in [0.4, 0.5) is 0 Å². The van der Waals surface area contributed by atoms with Gasteiger partial charge in [0, 0.05) is 5.02 Å². The van der Waals surface area contributed by atoms with E-state index in [1.54, 1.807) is 0 Å². The summed E-state index contributed by atoms with van der Waals surface area (Å²) in [6.45, 7) is 0.419. The Labute approximate surface area is 147 Å². The first-order chi connectivity index (χ1) is 11.6. The fourth-order valence-corrected chi connectivity index (χ4v) is 3.65. The Bertz CT molecular complexity index is 606. The molecule has 1 aromatic carbocycles. The van der Waals surface area contributed by atoms with E-state index < -0.39 is 5.41 Å². The lowest BCUT2D eigenvalue weighted by Gasteiger charge is -2.36. The van der Waals surface area contributed by atoms with Crippen LogP contribution in [0.3, 0.4) is 0 Å². The zero-order chi connectivity index (χ0) is 17.0.